The lowest BCUT2D eigenvalue weighted by Gasteiger charge is -2.30. The fraction of sp³-hybridized carbons (Fsp3) is 0.625. The zero-order chi connectivity index (χ0) is 13.8. The Kier molecular flexibility index (Phi) is 5.23. The first-order chi connectivity index (χ1) is 9.08. The SMILES string of the molecule is CC(N[C@H](C)C1CCCCC1)c1ccc(Cl)c(F)c1. The number of rotatable bonds is 4. The van der Waals surface area contributed by atoms with Gasteiger partial charge in [-0.3, -0.25) is 0 Å². The molecule has 1 saturated carbocycles. The van der Waals surface area contributed by atoms with Crippen LogP contribution < -0.4 is 5.32 Å². The van der Waals surface area contributed by atoms with Crippen LogP contribution in [-0.4, -0.2) is 6.04 Å². The van der Waals surface area contributed by atoms with Crippen molar-refractivity contribution in [3.8, 4) is 0 Å². The van der Waals surface area contributed by atoms with E-state index in [4.69, 9.17) is 11.6 Å². The first-order valence-corrected chi connectivity index (χ1v) is 7.66. The molecule has 0 amide bonds. The normalized spacial score (nSPS) is 20.2. The van der Waals surface area contributed by atoms with Crippen LogP contribution in [0.15, 0.2) is 18.2 Å². The second kappa shape index (κ2) is 6.71. The van der Waals surface area contributed by atoms with Crippen molar-refractivity contribution in [1.82, 2.24) is 5.32 Å². The average molecular weight is 284 g/mol. The van der Waals surface area contributed by atoms with Crippen LogP contribution in [-0.2, 0) is 0 Å². The summed E-state index contributed by atoms with van der Waals surface area (Å²) in [5, 5.41) is 3.79. The molecule has 3 heteroatoms. The van der Waals surface area contributed by atoms with Crippen LogP contribution in [0.5, 0.6) is 0 Å². The van der Waals surface area contributed by atoms with E-state index in [1.165, 1.54) is 38.2 Å². The molecule has 106 valence electrons. The number of hydrogen-bond donors (Lipinski definition) is 1. The molecule has 0 bridgehead atoms. The molecule has 0 aliphatic heterocycles. The van der Waals surface area contributed by atoms with Gasteiger partial charge in [-0.25, -0.2) is 4.39 Å². The Morgan fingerprint density at radius 1 is 1.21 bits per heavy atom. The second-order valence-corrected chi connectivity index (χ2v) is 6.16. The Bertz CT molecular complexity index is 415. The molecule has 0 heterocycles. The Labute approximate surface area is 120 Å². The maximum absolute atomic E-state index is 13.5. The van der Waals surface area contributed by atoms with Crippen molar-refractivity contribution < 1.29 is 4.39 Å². The predicted octanol–water partition coefficient (Wildman–Crippen LogP) is 5.10. The first-order valence-electron chi connectivity index (χ1n) is 7.29. The molecule has 0 aromatic heterocycles. The van der Waals surface area contributed by atoms with E-state index in [0.29, 0.717) is 6.04 Å². The van der Waals surface area contributed by atoms with Gasteiger partial charge < -0.3 is 5.32 Å². The van der Waals surface area contributed by atoms with E-state index < -0.39 is 0 Å². The van der Waals surface area contributed by atoms with E-state index >= 15 is 0 Å². The molecule has 2 rings (SSSR count). The number of hydrogen-bond acceptors (Lipinski definition) is 1. The van der Waals surface area contributed by atoms with Crippen molar-refractivity contribution in [1.29, 1.82) is 0 Å². The fourth-order valence-corrected chi connectivity index (χ4v) is 3.16. The Balaban J connectivity index is 1.95. The summed E-state index contributed by atoms with van der Waals surface area (Å²) < 4.78 is 13.5. The lowest BCUT2D eigenvalue weighted by molar-refractivity contribution is 0.268. The molecule has 1 aliphatic rings. The maximum atomic E-state index is 13.5. The van der Waals surface area contributed by atoms with Gasteiger partial charge in [-0.15, -0.1) is 0 Å². The van der Waals surface area contributed by atoms with E-state index in [0.717, 1.165) is 11.5 Å². The summed E-state index contributed by atoms with van der Waals surface area (Å²) in [6.07, 6.45) is 6.70. The third-order valence-corrected chi connectivity index (χ3v) is 4.62. The molecule has 1 nitrogen and oxygen atoms in total. The predicted molar refractivity (Wildman–Crippen MR) is 79.0 cm³/mol. The summed E-state index contributed by atoms with van der Waals surface area (Å²) in [7, 11) is 0. The van der Waals surface area contributed by atoms with Crippen LogP contribution in [0.1, 0.15) is 57.6 Å². The van der Waals surface area contributed by atoms with Gasteiger partial charge in [0, 0.05) is 12.1 Å². The standard InChI is InChI=1S/C16H23ClFN/c1-11(13-6-4-3-5-7-13)19-12(2)14-8-9-15(17)16(18)10-14/h8-13,19H,3-7H2,1-2H3/t11-,12?/m1/s1. The van der Waals surface area contributed by atoms with E-state index in [1.54, 1.807) is 6.07 Å². The zero-order valence-electron chi connectivity index (χ0n) is 11.8. The van der Waals surface area contributed by atoms with Gasteiger partial charge in [-0.1, -0.05) is 36.9 Å². The minimum absolute atomic E-state index is 0.156. The molecular formula is C16H23ClFN. The van der Waals surface area contributed by atoms with E-state index in [2.05, 4.69) is 19.2 Å². The second-order valence-electron chi connectivity index (χ2n) is 5.75. The van der Waals surface area contributed by atoms with Gasteiger partial charge in [0.1, 0.15) is 5.82 Å². The van der Waals surface area contributed by atoms with Crippen molar-refractivity contribution >= 4 is 11.6 Å². The monoisotopic (exact) mass is 283 g/mol. The summed E-state index contributed by atoms with van der Waals surface area (Å²) in [5.74, 6) is 0.423. The molecule has 1 N–H and O–H groups in total. The van der Waals surface area contributed by atoms with Gasteiger partial charge in [0.2, 0.25) is 0 Å². The highest BCUT2D eigenvalue weighted by Gasteiger charge is 2.21. The zero-order valence-corrected chi connectivity index (χ0v) is 12.5. The van der Waals surface area contributed by atoms with Crippen LogP contribution in [0.2, 0.25) is 5.02 Å². The van der Waals surface area contributed by atoms with Gasteiger partial charge in [-0.05, 0) is 50.3 Å². The summed E-state index contributed by atoms with van der Waals surface area (Å²) in [6, 6.07) is 5.71. The fourth-order valence-electron chi connectivity index (χ4n) is 3.04. The highest BCUT2D eigenvalue weighted by atomic mass is 35.5. The van der Waals surface area contributed by atoms with Crippen LogP contribution in [0, 0.1) is 11.7 Å². The smallest absolute Gasteiger partial charge is 0.142 e. The molecule has 2 atom stereocenters. The quantitative estimate of drug-likeness (QED) is 0.811. The van der Waals surface area contributed by atoms with Gasteiger partial charge in [-0.2, -0.15) is 0 Å². The topological polar surface area (TPSA) is 12.0 Å². The molecule has 1 aromatic carbocycles. The van der Waals surface area contributed by atoms with Crippen molar-refractivity contribution in [2.45, 2.75) is 58.0 Å². The van der Waals surface area contributed by atoms with Crippen molar-refractivity contribution in [3.63, 3.8) is 0 Å². The van der Waals surface area contributed by atoms with Crippen LogP contribution >= 0.6 is 11.6 Å². The van der Waals surface area contributed by atoms with E-state index in [9.17, 15) is 4.39 Å². The first kappa shape index (κ1) is 14.8. The van der Waals surface area contributed by atoms with Crippen LogP contribution in [0.3, 0.4) is 0 Å². The number of nitrogens with one attached hydrogen (secondary N) is 1. The highest BCUT2D eigenvalue weighted by Crippen LogP contribution is 2.28. The Hall–Kier alpha value is -0.600. The molecule has 1 unspecified atom stereocenters. The van der Waals surface area contributed by atoms with Crippen molar-refractivity contribution in [2.75, 3.05) is 0 Å². The summed E-state index contributed by atoms with van der Waals surface area (Å²) in [5.41, 5.74) is 0.963. The summed E-state index contributed by atoms with van der Waals surface area (Å²) in [6.45, 7) is 4.33. The van der Waals surface area contributed by atoms with Gasteiger partial charge in [0.15, 0.2) is 0 Å². The molecular weight excluding hydrogens is 261 g/mol. The molecule has 0 saturated heterocycles. The highest BCUT2D eigenvalue weighted by molar-refractivity contribution is 6.30. The van der Waals surface area contributed by atoms with Crippen LogP contribution in [0.4, 0.5) is 4.39 Å². The van der Waals surface area contributed by atoms with Gasteiger partial charge in [0.05, 0.1) is 5.02 Å². The van der Waals surface area contributed by atoms with Gasteiger partial charge >= 0.3 is 0 Å². The summed E-state index contributed by atoms with van der Waals surface area (Å²) in [4.78, 5) is 0. The molecule has 1 fully saturated rings. The third-order valence-electron chi connectivity index (χ3n) is 4.31. The lowest BCUT2D eigenvalue weighted by atomic mass is 9.84. The van der Waals surface area contributed by atoms with Gasteiger partial charge in [0.25, 0.3) is 0 Å². The minimum atomic E-state index is -0.335. The summed E-state index contributed by atoms with van der Waals surface area (Å²) >= 11 is 5.72. The Morgan fingerprint density at radius 2 is 1.89 bits per heavy atom. The molecule has 1 aliphatic carbocycles. The maximum Gasteiger partial charge on any atom is 0.142 e. The van der Waals surface area contributed by atoms with Crippen LogP contribution in [0.25, 0.3) is 0 Å². The third kappa shape index (κ3) is 3.93. The Morgan fingerprint density at radius 3 is 2.53 bits per heavy atom. The van der Waals surface area contributed by atoms with E-state index in [-0.39, 0.29) is 16.9 Å². The number of halogens is 2. The largest absolute Gasteiger partial charge is 0.307 e. The minimum Gasteiger partial charge on any atom is -0.307 e. The van der Waals surface area contributed by atoms with Crippen molar-refractivity contribution in [3.05, 3.63) is 34.6 Å². The lowest BCUT2D eigenvalue weighted by Crippen LogP contribution is -2.36. The molecule has 0 radical (unpaired) electrons. The average Bonchev–Trinajstić information content (AvgIpc) is 2.42. The molecule has 1 aromatic rings. The molecule has 19 heavy (non-hydrogen) atoms. The molecule has 0 spiro atoms. The number of benzene rings is 1. The van der Waals surface area contributed by atoms with Crippen molar-refractivity contribution in [2.24, 2.45) is 5.92 Å². The van der Waals surface area contributed by atoms with E-state index in [1.807, 2.05) is 6.07 Å².